The van der Waals surface area contributed by atoms with Crippen LogP contribution in [0.25, 0.3) is 70.6 Å². The Morgan fingerprint density at radius 1 is 0.347 bits per heavy atom. The zero-order valence-electron chi connectivity index (χ0n) is 26.6. The van der Waals surface area contributed by atoms with Crippen LogP contribution in [0.1, 0.15) is 22.6 Å². The van der Waals surface area contributed by atoms with Gasteiger partial charge in [0.25, 0.3) is 0 Å². The van der Waals surface area contributed by atoms with Crippen LogP contribution in [-0.2, 0) is 0 Å². The Labute approximate surface area is 283 Å². The third kappa shape index (κ3) is 3.66. The van der Waals surface area contributed by atoms with Crippen molar-refractivity contribution in [3.63, 3.8) is 0 Å². The number of hydrogen-bond donors (Lipinski definition) is 0. The number of hydrogen-bond acceptors (Lipinski definition) is 1. The summed E-state index contributed by atoms with van der Waals surface area (Å²) in [5, 5.41) is 12.2. The third-order valence-corrected chi connectivity index (χ3v) is 10.7. The first kappa shape index (κ1) is 26.7. The van der Waals surface area contributed by atoms with E-state index in [1.54, 1.807) is 0 Å². The van der Waals surface area contributed by atoms with Gasteiger partial charge in [0.15, 0.2) is 0 Å². The average Bonchev–Trinajstić information content (AvgIpc) is 3.52. The first-order valence-corrected chi connectivity index (χ1v) is 17.0. The molecule has 0 atom stereocenters. The van der Waals surface area contributed by atoms with E-state index in [9.17, 15) is 0 Å². The Hall–Kier alpha value is -6.38. The summed E-state index contributed by atoms with van der Waals surface area (Å²) < 4.78 is 9.71. The molecule has 11 rings (SSSR count). The number of ether oxygens (including phenoxy) is 1. The van der Waals surface area contributed by atoms with Gasteiger partial charge in [0.05, 0.1) is 11.0 Å². The first-order chi connectivity index (χ1) is 24.3. The van der Waals surface area contributed by atoms with Gasteiger partial charge in [-0.15, -0.1) is 0 Å². The molecule has 1 aliphatic heterocycles. The SMILES string of the molecule is c1cc(C2c3c(c4ccccc4c4ccccc34)Oc3c2c2ccccc2c2ccccc32)cc(-n2c3ccccc3c3ccccc32)c1. The number of para-hydroxylation sites is 2. The number of benzene rings is 9. The van der Waals surface area contributed by atoms with Crippen LogP contribution in [0, 0.1) is 0 Å². The summed E-state index contributed by atoms with van der Waals surface area (Å²) in [4.78, 5) is 0. The van der Waals surface area contributed by atoms with Gasteiger partial charge < -0.3 is 9.30 Å². The van der Waals surface area contributed by atoms with Gasteiger partial charge in [-0.3, -0.25) is 0 Å². The number of fused-ring (bicyclic) bond motifs is 15. The number of nitrogens with zero attached hydrogens (tertiary/aromatic N) is 1. The lowest BCUT2D eigenvalue weighted by Gasteiger charge is -2.33. The predicted octanol–water partition coefficient (Wildman–Crippen LogP) is 12.7. The van der Waals surface area contributed by atoms with Crippen LogP contribution in [0.15, 0.2) is 170 Å². The Bertz CT molecular complexity index is 2810. The average molecular weight is 624 g/mol. The minimum absolute atomic E-state index is 0.0733. The second kappa shape index (κ2) is 10.1. The van der Waals surface area contributed by atoms with Gasteiger partial charge >= 0.3 is 0 Å². The maximum Gasteiger partial charge on any atom is 0.140 e. The summed E-state index contributed by atoms with van der Waals surface area (Å²) in [5.74, 6) is 1.83. The third-order valence-electron chi connectivity index (χ3n) is 10.7. The van der Waals surface area contributed by atoms with Gasteiger partial charge in [-0.05, 0) is 62.1 Å². The van der Waals surface area contributed by atoms with Crippen LogP contribution in [0.3, 0.4) is 0 Å². The lowest BCUT2D eigenvalue weighted by Crippen LogP contribution is -2.14. The minimum Gasteiger partial charge on any atom is -0.455 e. The standard InChI is InChI=1S/C47H29NO/c1-5-22-37-31(16-1)33-18-3-7-24-39(33)46-44(37)43(45-38-23-6-2-17-32(38)34-19-4-8-25-40(34)47(45)49-46)29-14-13-15-30(28-29)48-41-26-11-9-20-35(41)36-21-10-12-27-42(36)48/h1-28,43H. The van der Waals surface area contributed by atoms with Gasteiger partial charge in [0, 0.05) is 44.3 Å². The fourth-order valence-corrected chi connectivity index (χ4v) is 8.69. The van der Waals surface area contributed by atoms with E-state index in [1.165, 1.54) is 70.8 Å². The highest BCUT2D eigenvalue weighted by atomic mass is 16.5. The molecular weight excluding hydrogens is 595 g/mol. The second-order valence-electron chi connectivity index (χ2n) is 13.2. The summed E-state index contributed by atoms with van der Waals surface area (Å²) in [7, 11) is 0. The molecule has 1 aliphatic rings. The first-order valence-electron chi connectivity index (χ1n) is 17.0. The van der Waals surface area contributed by atoms with Crippen LogP contribution in [0.5, 0.6) is 11.5 Å². The van der Waals surface area contributed by atoms with Crippen LogP contribution < -0.4 is 4.74 Å². The Kier molecular flexibility index (Phi) is 5.47. The quantitative estimate of drug-likeness (QED) is 0.175. The normalized spacial score (nSPS) is 13.0. The van der Waals surface area contributed by atoms with Crippen LogP contribution in [0.2, 0.25) is 0 Å². The van der Waals surface area contributed by atoms with E-state index in [4.69, 9.17) is 4.74 Å². The molecule has 0 spiro atoms. The summed E-state index contributed by atoms with van der Waals surface area (Å²) in [5.41, 5.74) is 7.26. The molecule has 0 aliphatic carbocycles. The predicted molar refractivity (Wildman–Crippen MR) is 205 cm³/mol. The van der Waals surface area contributed by atoms with E-state index >= 15 is 0 Å². The van der Waals surface area contributed by atoms with Crippen molar-refractivity contribution in [1.29, 1.82) is 0 Å². The van der Waals surface area contributed by atoms with Crippen molar-refractivity contribution in [1.82, 2.24) is 4.57 Å². The summed E-state index contributed by atoms with van der Waals surface area (Å²) in [6.45, 7) is 0. The summed E-state index contributed by atoms with van der Waals surface area (Å²) in [6.07, 6.45) is 0. The minimum atomic E-state index is -0.0733. The molecule has 2 nitrogen and oxygen atoms in total. The second-order valence-corrected chi connectivity index (χ2v) is 13.2. The van der Waals surface area contributed by atoms with Crippen molar-refractivity contribution in [2.45, 2.75) is 5.92 Å². The Morgan fingerprint density at radius 3 is 1.22 bits per heavy atom. The maximum atomic E-state index is 7.28. The molecule has 0 amide bonds. The molecule has 2 heterocycles. The molecule has 2 heteroatoms. The lowest BCUT2D eigenvalue weighted by molar-refractivity contribution is 0.467. The van der Waals surface area contributed by atoms with Crippen molar-refractivity contribution in [3.8, 4) is 17.2 Å². The molecule has 0 bridgehead atoms. The highest BCUT2D eigenvalue weighted by molar-refractivity contribution is 6.17. The summed E-state index contributed by atoms with van der Waals surface area (Å²) in [6, 6.07) is 61.8. The van der Waals surface area contributed by atoms with E-state index in [1.807, 2.05) is 0 Å². The largest absolute Gasteiger partial charge is 0.455 e. The zero-order chi connectivity index (χ0) is 32.1. The van der Waals surface area contributed by atoms with E-state index in [-0.39, 0.29) is 5.92 Å². The molecule has 1 aromatic heterocycles. The molecule has 228 valence electrons. The van der Waals surface area contributed by atoms with Crippen molar-refractivity contribution < 1.29 is 4.74 Å². The molecule has 49 heavy (non-hydrogen) atoms. The van der Waals surface area contributed by atoms with E-state index in [2.05, 4.69) is 174 Å². The van der Waals surface area contributed by atoms with E-state index < -0.39 is 0 Å². The molecule has 10 aromatic rings. The number of rotatable bonds is 2. The van der Waals surface area contributed by atoms with Crippen LogP contribution >= 0.6 is 0 Å². The van der Waals surface area contributed by atoms with Gasteiger partial charge in [0.2, 0.25) is 0 Å². The molecule has 0 radical (unpaired) electrons. The van der Waals surface area contributed by atoms with Crippen molar-refractivity contribution in [3.05, 3.63) is 187 Å². The fraction of sp³-hybridized carbons (Fsp3) is 0.0213. The van der Waals surface area contributed by atoms with Gasteiger partial charge in [-0.25, -0.2) is 0 Å². The maximum absolute atomic E-state index is 7.28. The van der Waals surface area contributed by atoms with Gasteiger partial charge in [-0.1, -0.05) is 146 Å². The number of aromatic nitrogens is 1. The Morgan fingerprint density at radius 2 is 0.735 bits per heavy atom. The fourth-order valence-electron chi connectivity index (χ4n) is 8.69. The topological polar surface area (TPSA) is 14.2 Å². The molecule has 9 aromatic carbocycles. The smallest absolute Gasteiger partial charge is 0.140 e. The zero-order valence-corrected chi connectivity index (χ0v) is 26.6. The molecule has 0 saturated carbocycles. The van der Waals surface area contributed by atoms with E-state index in [0.29, 0.717) is 0 Å². The van der Waals surface area contributed by atoms with Crippen LogP contribution in [0.4, 0.5) is 0 Å². The van der Waals surface area contributed by atoms with Crippen molar-refractivity contribution in [2.24, 2.45) is 0 Å². The molecule has 0 unspecified atom stereocenters. The molecule has 0 saturated heterocycles. The molecule has 0 fully saturated rings. The highest BCUT2D eigenvalue weighted by Gasteiger charge is 2.35. The van der Waals surface area contributed by atoms with Crippen molar-refractivity contribution >= 4 is 64.9 Å². The Balaban J connectivity index is 1.30. The van der Waals surface area contributed by atoms with Crippen LogP contribution in [-0.4, -0.2) is 4.57 Å². The monoisotopic (exact) mass is 623 g/mol. The molecular formula is C47H29NO. The lowest BCUT2D eigenvalue weighted by atomic mass is 9.76. The highest BCUT2D eigenvalue weighted by Crippen LogP contribution is 2.57. The van der Waals surface area contributed by atoms with Gasteiger partial charge in [0.1, 0.15) is 11.5 Å². The summed E-state index contributed by atoms with van der Waals surface area (Å²) >= 11 is 0. The van der Waals surface area contributed by atoms with Crippen molar-refractivity contribution in [2.75, 3.05) is 0 Å². The molecule has 0 N–H and O–H groups in total. The van der Waals surface area contributed by atoms with E-state index in [0.717, 1.165) is 28.0 Å². The van der Waals surface area contributed by atoms with Gasteiger partial charge in [-0.2, -0.15) is 0 Å².